The first kappa shape index (κ1) is 13.5. The van der Waals surface area contributed by atoms with E-state index < -0.39 is 0 Å². The zero-order chi connectivity index (χ0) is 12.8. The van der Waals surface area contributed by atoms with Gasteiger partial charge in [0.2, 0.25) is 0 Å². The second-order valence-corrected chi connectivity index (χ2v) is 5.50. The van der Waals surface area contributed by atoms with Gasteiger partial charge in [0.05, 0.1) is 11.4 Å². The normalized spacial score (nSPS) is 18.1. The van der Waals surface area contributed by atoms with E-state index in [0.717, 1.165) is 23.9 Å². The van der Waals surface area contributed by atoms with Gasteiger partial charge in [-0.05, 0) is 39.2 Å². The van der Waals surface area contributed by atoms with E-state index in [0.29, 0.717) is 6.04 Å². The van der Waals surface area contributed by atoms with Crippen molar-refractivity contribution in [3.05, 3.63) is 23.8 Å². The first-order chi connectivity index (χ1) is 8.77. The number of hydrogen-bond donors (Lipinski definition) is 1. The van der Waals surface area contributed by atoms with Crippen molar-refractivity contribution >= 4 is 0 Å². The van der Waals surface area contributed by atoms with Crippen LogP contribution in [0.1, 0.15) is 62.9 Å². The highest BCUT2D eigenvalue weighted by molar-refractivity contribution is 5.12. The molecule has 1 unspecified atom stereocenters. The van der Waals surface area contributed by atoms with E-state index in [1.165, 1.54) is 38.5 Å². The highest BCUT2D eigenvalue weighted by atomic mass is 14.9. The smallest absolute Gasteiger partial charge is 0.0782 e. The molecule has 0 bridgehead atoms. The summed E-state index contributed by atoms with van der Waals surface area (Å²) in [4.78, 5) is 8.70. The Bertz CT molecular complexity index is 359. The van der Waals surface area contributed by atoms with Crippen molar-refractivity contribution in [1.29, 1.82) is 0 Å². The zero-order valence-corrected chi connectivity index (χ0v) is 11.7. The fourth-order valence-electron chi connectivity index (χ4n) is 2.95. The maximum absolute atomic E-state index is 4.41. The van der Waals surface area contributed by atoms with Gasteiger partial charge >= 0.3 is 0 Å². The standard InChI is InChI=1S/C15H25N3/c1-12(15-13(2)17-10-11-18-15)16-9-5-8-14-6-3-4-7-14/h10-12,14,16H,3-9H2,1-2H3. The largest absolute Gasteiger partial charge is 0.309 e. The average molecular weight is 247 g/mol. The highest BCUT2D eigenvalue weighted by Gasteiger charge is 2.14. The molecule has 3 nitrogen and oxygen atoms in total. The van der Waals surface area contributed by atoms with E-state index in [-0.39, 0.29) is 0 Å². The van der Waals surface area contributed by atoms with Gasteiger partial charge in [0.25, 0.3) is 0 Å². The first-order valence-electron chi connectivity index (χ1n) is 7.28. The van der Waals surface area contributed by atoms with Crippen LogP contribution in [0.3, 0.4) is 0 Å². The van der Waals surface area contributed by atoms with Gasteiger partial charge in [-0.1, -0.05) is 25.7 Å². The molecule has 0 aromatic carbocycles. The quantitative estimate of drug-likeness (QED) is 0.783. The summed E-state index contributed by atoms with van der Waals surface area (Å²) >= 11 is 0. The molecule has 1 aliphatic carbocycles. The minimum absolute atomic E-state index is 0.308. The molecule has 1 aromatic rings. The van der Waals surface area contributed by atoms with Crippen LogP contribution in [0.15, 0.2) is 12.4 Å². The van der Waals surface area contributed by atoms with Crippen molar-refractivity contribution in [2.45, 2.75) is 58.4 Å². The molecule has 1 saturated carbocycles. The van der Waals surface area contributed by atoms with E-state index in [1.54, 1.807) is 12.4 Å². The van der Waals surface area contributed by atoms with E-state index in [4.69, 9.17) is 0 Å². The Morgan fingerprint density at radius 2 is 2.00 bits per heavy atom. The molecule has 0 aliphatic heterocycles. The van der Waals surface area contributed by atoms with E-state index in [9.17, 15) is 0 Å². The Kier molecular flexibility index (Phi) is 5.12. The SMILES string of the molecule is Cc1nccnc1C(C)NCCCC1CCCC1. The summed E-state index contributed by atoms with van der Waals surface area (Å²) in [5.74, 6) is 1.00. The minimum Gasteiger partial charge on any atom is -0.309 e. The third-order valence-corrected chi connectivity index (χ3v) is 4.04. The van der Waals surface area contributed by atoms with Gasteiger partial charge in [-0.2, -0.15) is 0 Å². The van der Waals surface area contributed by atoms with E-state index in [2.05, 4.69) is 22.2 Å². The zero-order valence-electron chi connectivity index (χ0n) is 11.7. The lowest BCUT2D eigenvalue weighted by Crippen LogP contribution is -2.22. The highest BCUT2D eigenvalue weighted by Crippen LogP contribution is 2.28. The molecule has 0 spiro atoms. The third-order valence-electron chi connectivity index (χ3n) is 4.04. The van der Waals surface area contributed by atoms with Crippen LogP contribution >= 0.6 is 0 Å². The van der Waals surface area contributed by atoms with Gasteiger partial charge in [-0.3, -0.25) is 9.97 Å². The fourth-order valence-corrected chi connectivity index (χ4v) is 2.95. The average Bonchev–Trinajstić information content (AvgIpc) is 2.88. The summed E-state index contributed by atoms with van der Waals surface area (Å²) in [6.45, 7) is 5.29. The van der Waals surface area contributed by atoms with Crippen LogP contribution in [0, 0.1) is 12.8 Å². The summed E-state index contributed by atoms with van der Waals surface area (Å²) in [6.07, 6.45) is 12.0. The molecule has 1 N–H and O–H groups in total. The maximum Gasteiger partial charge on any atom is 0.0782 e. The topological polar surface area (TPSA) is 37.8 Å². The van der Waals surface area contributed by atoms with E-state index >= 15 is 0 Å². The number of nitrogens with zero attached hydrogens (tertiary/aromatic N) is 2. The van der Waals surface area contributed by atoms with Crippen LogP contribution < -0.4 is 5.32 Å². The van der Waals surface area contributed by atoms with E-state index in [1.807, 2.05) is 6.92 Å². The molecule has 1 aliphatic rings. The van der Waals surface area contributed by atoms with Crippen molar-refractivity contribution in [2.75, 3.05) is 6.54 Å². The van der Waals surface area contributed by atoms with Gasteiger partial charge in [0.1, 0.15) is 0 Å². The number of nitrogens with one attached hydrogen (secondary N) is 1. The van der Waals surface area contributed by atoms with Crippen LogP contribution in [0.25, 0.3) is 0 Å². The van der Waals surface area contributed by atoms with Crippen molar-refractivity contribution in [2.24, 2.45) is 5.92 Å². The molecule has 0 saturated heterocycles. The number of rotatable bonds is 6. The van der Waals surface area contributed by atoms with Crippen LogP contribution in [-0.4, -0.2) is 16.5 Å². The summed E-state index contributed by atoms with van der Waals surface area (Å²) in [5, 5.41) is 3.56. The third kappa shape index (κ3) is 3.77. The van der Waals surface area contributed by atoms with Crippen molar-refractivity contribution < 1.29 is 0 Å². The molecule has 1 atom stereocenters. The van der Waals surface area contributed by atoms with Crippen LogP contribution in [0.2, 0.25) is 0 Å². The summed E-state index contributed by atoms with van der Waals surface area (Å²) in [6, 6.07) is 0.308. The minimum atomic E-state index is 0.308. The Morgan fingerprint density at radius 1 is 1.28 bits per heavy atom. The molecule has 1 fully saturated rings. The molecule has 1 aromatic heterocycles. The lowest BCUT2D eigenvalue weighted by atomic mass is 10.0. The second-order valence-electron chi connectivity index (χ2n) is 5.50. The molecule has 0 amide bonds. The van der Waals surface area contributed by atoms with Crippen LogP contribution in [-0.2, 0) is 0 Å². The Hall–Kier alpha value is -0.960. The molecule has 1 heterocycles. The van der Waals surface area contributed by atoms with Gasteiger partial charge < -0.3 is 5.32 Å². The lowest BCUT2D eigenvalue weighted by molar-refractivity contribution is 0.453. The molecular formula is C15H25N3. The Labute approximate surface area is 110 Å². The maximum atomic E-state index is 4.41. The summed E-state index contributed by atoms with van der Waals surface area (Å²) < 4.78 is 0. The lowest BCUT2D eigenvalue weighted by Gasteiger charge is -2.15. The van der Waals surface area contributed by atoms with Gasteiger partial charge in [-0.15, -0.1) is 0 Å². The molecule has 3 heteroatoms. The number of aryl methyl sites for hydroxylation is 1. The summed E-state index contributed by atoms with van der Waals surface area (Å²) in [5.41, 5.74) is 2.12. The molecule has 100 valence electrons. The molecule has 0 radical (unpaired) electrons. The summed E-state index contributed by atoms with van der Waals surface area (Å²) in [7, 11) is 0. The molecular weight excluding hydrogens is 222 g/mol. The Morgan fingerprint density at radius 3 is 2.72 bits per heavy atom. The van der Waals surface area contributed by atoms with Crippen molar-refractivity contribution in [3.8, 4) is 0 Å². The monoisotopic (exact) mass is 247 g/mol. The van der Waals surface area contributed by atoms with Crippen molar-refractivity contribution in [1.82, 2.24) is 15.3 Å². The van der Waals surface area contributed by atoms with Crippen LogP contribution in [0.4, 0.5) is 0 Å². The van der Waals surface area contributed by atoms with Crippen molar-refractivity contribution in [3.63, 3.8) is 0 Å². The number of aromatic nitrogens is 2. The predicted octanol–water partition coefficient (Wildman–Crippen LogP) is 3.41. The first-order valence-corrected chi connectivity index (χ1v) is 7.28. The Balaban J connectivity index is 1.68. The fraction of sp³-hybridized carbons (Fsp3) is 0.733. The predicted molar refractivity (Wildman–Crippen MR) is 74.4 cm³/mol. The van der Waals surface area contributed by atoms with Crippen LogP contribution in [0.5, 0.6) is 0 Å². The molecule has 18 heavy (non-hydrogen) atoms. The second kappa shape index (κ2) is 6.83. The molecule has 2 rings (SSSR count). The van der Waals surface area contributed by atoms with Gasteiger partial charge in [0, 0.05) is 18.4 Å². The van der Waals surface area contributed by atoms with Gasteiger partial charge in [-0.25, -0.2) is 0 Å². The number of hydrogen-bond acceptors (Lipinski definition) is 3. The van der Waals surface area contributed by atoms with Gasteiger partial charge in [0.15, 0.2) is 0 Å².